The summed E-state index contributed by atoms with van der Waals surface area (Å²) >= 11 is 0. The van der Waals surface area contributed by atoms with Crippen LogP contribution in [0.4, 0.5) is 0 Å². The molecule has 98 valence electrons. The fraction of sp³-hybridized carbons (Fsp3) is 0.385. The third-order valence-corrected chi connectivity index (χ3v) is 2.22. The summed E-state index contributed by atoms with van der Waals surface area (Å²) in [5.74, 6) is -0.236. The smallest absolute Gasteiger partial charge is 0.343 e. The molecular weight excluding hydrogens is 236 g/mol. The fourth-order valence-corrected chi connectivity index (χ4v) is 1.22. The van der Waals surface area contributed by atoms with Crippen LogP contribution >= 0.6 is 0 Å². The van der Waals surface area contributed by atoms with Crippen LogP contribution in [-0.4, -0.2) is 25.7 Å². The van der Waals surface area contributed by atoms with Crippen LogP contribution in [0.15, 0.2) is 24.3 Å². The van der Waals surface area contributed by atoms with Gasteiger partial charge in [-0.15, -0.1) is 0 Å². The van der Waals surface area contributed by atoms with Crippen LogP contribution in [0.3, 0.4) is 0 Å². The summed E-state index contributed by atoms with van der Waals surface area (Å²) in [7, 11) is 1.29. The monoisotopic (exact) mass is 252 g/mol. The minimum absolute atomic E-state index is 0.129. The van der Waals surface area contributed by atoms with Gasteiger partial charge in [0.25, 0.3) is 0 Å². The molecule has 0 aliphatic carbocycles. The summed E-state index contributed by atoms with van der Waals surface area (Å²) in [6, 6.07) is 7.06. The van der Waals surface area contributed by atoms with Gasteiger partial charge in [-0.2, -0.15) is 0 Å². The average Bonchev–Trinajstić information content (AvgIpc) is 2.42. The highest BCUT2D eigenvalue weighted by Crippen LogP contribution is 2.19. The van der Waals surface area contributed by atoms with Crippen molar-refractivity contribution in [3.8, 4) is 5.75 Å². The second kappa shape index (κ2) is 7.32. The maximum absolute atomic E-state index is 11.1. The first-order valence-corrected chi connectivity index (χ1v) is 5.60. The van der Waals surface area contributed by atoms with Crippen molar-refractivity contribution in [2.75, 3.05) is 13.7 Å². The lowest BCUT2D eigenvalue weighted by atomic mass is 10.2. The second-order valence-electron chi connectivity index (χ2n) is 3.49. The van der Waals surface area contributed by atoms with Crippen molar-refractivity contribution in [2.24, 2.45) is 0 Å². The largest absolute Gasteiger partial charge is 0.481 e. The van der Waals surface area contributed by atoms with E-state index in [0.29, 0.717) is 17.7 Å². The van der Waals surface area contributed by atoms with Crippen LogP contribution in [0, 0.1) is 0 Å². The van der Waals surface area contributed by atoms with E-state index < -0.39 is 5.97 Å². The van der Waals surface area contributed by atoms with Gasteiger partial charge in [0.05, 0.1) is 7.11 Å². The number of hydrogen-bond acceptors (Lipinski definition) is 5. The molecule has 0 bridgehead atoms. The average molecular weight is 252 g/mol. The summed E-state index contributed by atoms with van der Waals surface area (Å²) in [6.45, 7) is 1.68. The molecule has 0 N–H and O–H groups in total. The van der Waals surface area contributed by atoms with Crippen LogP contribution in [0.5, 0.6) is 5.75 Å². The summed E-state index contributed by atoms with van der Waals surface area (Å²) in [5.41, 5.74) is 0.711. The Morgan fingerprint density at radius 2 is 1.89 bits per heavy atom. The highest BCUT2D eigenvalue weighted by Gasteiger charge is 2.08. The molecule has 0 unspecified atom stereocenters. The van der Waals surface area contributed by atoms with Crippen molar-refractivity contribution in [2.45, 2.75) is 20.0 Å². The molecule has 0 spiro atoms. The van der Waals surface area contributed by atoms with Gasteiger partial charge in [-0.1, -0.05) is 25.1 Å². The van der Waals surface area contributed by atoms with E-state index in [1.807, 2.05) is 0 Å². The van der Waals surface area contributed by atoms with Crippen LogP contribution in [0.1, 0.15) is 18.9 Å². The van der Waals surface area contributed by atoms with Crippen molar-refractivity contribution in [3.63, 3.8) is 0 Å². The molecule has 1 rings (SSSR count). The molecule has 0 heterocycles. The SMILES string of the molecule is CCC(=O)OCc1ccccc1OCC(=O)OC. The number of carbonyl (C=O) groups excluding carboxylic acids is 2. The number of ether oxygens (including phenoxy) is 3. The molecule has 0 radical (unpaired) electrons. The molecule has 5 nitrogen and oxygen atoms in total. The third-order valence-electron chi connectivity index (χ3n) is 2.22. The molecule has 0 aromatic heterocycles. The predicted molar refractivity (Wildman–Crippen MR) is 64.0 cm³/mol. The van der Waals surface area contributed by atoms with E-state index in [1.165, 1.54) is 7.11 Å². The number of hydrogen-bond donors (Lipinski definition) is 0. The van der Waals surface area contributed by atoms with Crippen LogP contribution in [0.2, 0.25) is 0 Å². The van der Waals surface area contributed by atoms with E-state index in [4.69, 9.17) is 9.47 Å². The first-order chi connectivity index (χ1) is 8.67. The van der Waals surface area contributed by atoms with E-state index in [1.54, 1.807) is 31.2 Å². The van der Waals surface area contributed by atoms with Crippen LogP contribution in [0.25, 0.3) is 0 Å². The molecule has 0 saturated carbocycles. The van der Waals surface area contributed by atoms with E-state index in [2.05, 4.69) is 4.74 Å². The zero-order valence-corrected chi connectivity index (χ0v) is 10.5. The van der Waals surface area contributed by atoms with E-state index >= 15 is 0 Å². The van der Waals surface area contributed by atoms with Gasteiger partial charge in [-0.3, -0.25) is 4.79 Å². The van der Waals surface area contributed by atoms with Crippen molar-refractivity contribution < 1.29 is 23.8 Å². The molecule has 1 aromatic rings. The normalized spacial score (nSPS) is 9.67. The molecular formula is C13H16O5. The molecule has 0 amide bonds. The molecule has 0 aliphatic rings. The zero-order chi connectivity index (χ0) is 13.4. The van der Waals surface area contributed by atoms with Gasteiger partial charge >= 0.3 is 11.9 Å². The predicted octanol–water partition coefficient (Wildman–Crippen LogP) is 1.69. The third kappa shape index (κ3) is 4.45. The lowest BCUT2D eigenvalue weighted by molar-refractivity contribution is -0.145. The van der Waals surface area contributed by atoms with Crippen LogP contribution in [-0.2, 0) is 25.7 Å². The van der Waals surface area contributed by atoms with Crippen molar-refractivity contribution >= 4 is 11.9 Å². The van der Waals surface area contributed by atoms with Gasteiger partial charge in [0.15, 0.2) is 6.61 Å². The van der Waals surface area contributed by atoms with Gasteiger partial charge < -0.3 is 14.2 Å². The zero-order valence-electron chi connectivity index (χ0n) is 10.5. The maximum Gasteiger partial charge on any atom is 0.343 e. The minimum atomic E-state index is -0.463. The lowest BCUT2D eigenvalue weighted by Crippen LogP contribution is -2.13. The van der Waals surface area contributed by atoms with Gasteiger partial charge in [-0.05, 0) is 6.07 Å². The Morgan fingerprint density at radius 1 is 1.17 bits per heavy atom. The van der Waals surface area contributed by atoms with Crippen molar-refractivity contribution in [1.82, 2.24) is 0 Å². The summed E-state index contributed by atoms with van der Waals surface area (Å²) in [5, 5.41) is 0. The number of esters is 2. The molecule has 5 heteroatoms. The van der Waals surface area contributed by atoms with Gasteiger partial charge in [-0.25, -0.2) is 4.79 Å². The van der Waals surface area contributed by atoms with E-state index in [-0.39, 0.29) is 19.2 Å². The lowest BCUT2D eigenvalue weighted by Gasteiger charge is -2.10. The Bertz CT molecular complexity index is 375. The number of para-hydroxylation sites is 1. The number of rotatable bonds is 6. The standard InChI is InChI=1S/C13H16O5/c1-3-12(14)18-8-10-6-4-5-7-11(10)17-9-13(15)16-2/h4-7H,3,8-9H2,1-2H3. The number of methoxy groups -OCH3 is 1. The second-order valence-corrected chi connectivity index (χ2v) is 3.49. The van der Waals surface area contributed by atoms with Gasteiger partial charge in [0, 0.05) is 12.0 Å². The first-order valence-electron chi connectivity index (χ1n) is 5.60. The molecule has 0 fully saturated rings. The molecule has 0 aliphatic heterocycles. The molecule has 0 saturated heterocycles. The van der Waals surface area contributed by atoms with Gasteiger partial charge in [0.1, 0.15) is 12.4 Å². The Labute approximate surface area is 106 Å². The Balaban J connectivity index is 2.61. The Hall–Kier alpha value is -2.04. The van der Waals surface area contributed by atoms with Gasteiger partial charge in [0.2, 0.25) is 0 Å². The molecule has 0 atom stereocenters. The number of carbonyl (C=O) groups is 2. The van der Waals surface area contributed by atoms with E-state index in [0.717, 1.165) is 0 Å². The van der Waals surface area contributed by atoms with Crippen molar-refractivity contribution in [3.05, 3.63) is 29.8 Å². The molecule has 18 heavy (non-hydrogen) atoms. The quantitative estimate of drug-likeness (QED) is 0.721. The number of benzene rings is 1. The first kappa shape index (κ1) is 14.0. The van der Waals surface area contributed by atoms with E-state index in [9.17, 15) is 9.59 Å². The van der Waals surface area contributed by atoms with Crippen LogP contribution < -0.4 is 4.74 Å². The summed E-state index contributed by atoms with van der Waals surface area (Å²) < 4.78 is 14.8. The summed E-state index contributed by atoms with van der Waals surface area (Å²) in [6.07, 6.45) is 0.325. The van der Waals surface area contributed by atoms with Crippen molar-refractivity contribution in [1.29, 1.82) is 0 Å². The fourth-order valence-electron chi connectivity index (χ4n) is 1.22. The minimum Gasteiger partial charge on any atom is -0.481 e. The Morgan fingerprint density at radius 3 is 2.56 bits per heavy atom. The topological polar surface area (TPSA) is 61.8 Å². The highest BCUT2D eigenvalue weighted by atomic mass is 16.6. The molecule has 1 aromatic carbocycles. The maximum atomic E-state index is 11.1. The Kier molecular flexibility index (Phi) is 5.70. The highest BCUT2D eigenvalue weighted by molar-refractivity contribution is 5.71. The summed E-state index contributed by atoms with van der Waals surface area (Å²) in [4.78, 5) is 22.0.